The van der Waals surface area contributed by atoms with Crippen molar-refractivity contribution in [3.63, 3.8) is 0 Å². The van der Waals surface area contributed by atoms with E-state index in [2.05, 4.69) is 21.2 Å². The number of anilines is 1. The van der Waals surface area contributed by atoms with Gasteiger partial charge in [0.2, 0.25) is 5.91 Å². The fraction of sp³-hybridized carbons (Fsp3) is 0.263. The van der Waals surface area contributed by atoms with E-state index in [1.54, 1.807) is 12.1 Å². The van der Waals surface area contributed by atoms with Crippen LogP contribution in [0.2, 0.25) is 0 Å². The Balaban J connectivity index is 1.95. The van der Waals surface area contributed by atoms with Crippen LogP contribution in [0.3, 0.4) is 0 Å². The van der Waals surface area contributed by atoms with Gasteiger partial charge in [0, 0.05) is 28.6 Å². The average molecular weight is 374 g/mol. The standard InChI is InChI=1S/C19H20BrNO2/c1-12-10-13(2)19(14(3)11-12)21-18(23)9-8-17(22)15-4-6-16(20)7-5-15/h4-7,10-11H,8-9H2,1-3H3,(H,21,23). The molecular formula is C19H20BrNO2. The summed E-state index contributed by atoms with van der Waals surface area (Å²) in [5, 5.41) is 2.92. The van der Waals surface area contributed by atoms with E-state index in [9.17, 15) is 9.59 Å². The maximum atomic E-state index is 12.1. The van der Waals surface area contributed by atoms with Gasteiger partial charge in [-0.1, -0.05) is 45.8 Å². The van der Waals surface area contributed by atoms with Crippen molar-refractivity contribution in [3.8, 4) is 0 Å². The first-order chi connectivity index (χ1) is 10.9. The first kappa shape index (κ1) is 17.4. The van der Waals surface area contributed by atoms with Gasteiger partial charge in [-0.3, -0.25) is 9.59 Å². The van der Waals surface area contributed by atoms with Crippen LogP contribution >= 0.6 is 15.9 Å². The molecule has 2 rings (SSSR count). The summed E-state index contributed by atoms with van der Waals surface area (Å²) in [6.07, 6.45) is 0.388. The number of hydrogen-bond donors (Lipinski definition) is 1. The maximum Gasteiger partial charge on any atom is 0.224 e. The van der Waals surface area contributed by atoms with E-state index in [4.69, 9.17) is 0 Å². The summed E-state index contributed by atoms with van der Waals surface area (Å²) in [4.78, 5) is 24.2. The molecule has 2 aromatic rings. The van der Waals surface area contributed by atoms with Crippen molar-refractivity contribution in [1.82, 2.24) is 0 Å². The van der Waals surface area contributed by atoms with Gasteiger partial charge >= 0.3 is 0 Å². The molecule has 0 spiro atoms. The highest BCUT2D eigenvalue weighted by atomic mass is 79.9. The summed E-state index contributed by atoms with van der Waals surface area (Å²) < 4.78 is 0.928. The molecule has 0 aliphatic rings. The zero-order valence-corrected chi connectivity index (χ0v) is 15.2. The van der Waals surface area contributed by atoms with E-state index in [1.807, 2.05) is 45.0 Å². The van der Waals surface area contributed by atoms with Crippen molar-refractivity contribution in [2.75, 3.05) is 5.32 Å². The van der Waals surface area contributed by atoms with Gasteiger partial charge < -0.3 is 5.32 Å². The third kappa shape index (κ3) is 4.76. The van der Waals surface area contributed by atoms with E-state index in [-0.39, 0.29) is 24.5 Å². The van der Waals surface area contributed by atoms with Crippen molar-refractivity contribution in [2.45, 2.75) is 33.6 Å². The number of carbonyl (C=O) groups excluding carboxylic acids is 2. The van der Waals surface area contributed by atoms with Gasteiger partial charge in [0.25, 0.3) is 0 Å². The van der Waals surface area contributed by atoms with Crippen LogP contribution in [0, 0.1) is 20.8 Å². The number of nitrogens with one attached hydrogen (secondary N) is 1. The Bertz CT molecular complexity index is 713. The van der Waals surface area contributed by atoms with Crippen LogP contribution in [0.4, 0.5) is 5.69 Å². The lowest BCUT2D eigenvalue weighted by atomic mass is 10.0. The minimum Gasteiger partial charge on any atom is -0.326 e. The van der Waals surface area contributed by atoms with Crippen LogP contribution in [-0.2, 0) is 4.79 Å². The van der Waals surface area contributed by atoms with Gasteiger partial charge in [0.15, 0.2) is 5.78 Å². The monoisotopic (exact) mass is 373 g/mol. The van der Waals surface area contributed by atoms with Crippen molar-refractivity contribution in [3.05, 3.63) is 63.1 Å². The Morgan fingerprint density at radius 2 is 1.52 bits per heavy atom. The predicted molar refractivity (Wildman–Crippen MR) is 97.0 cm³/mol. The zero-order valence-electron chi connectivity index (χ0n) is 13.6. The lowest BCUT2D eigenvalue weighted by molar-refractivity contribution is -0.116. The van der Waals surface area contributed by atoms with Crippen LogP contribution in [0.25, 0.3) is 0 Å². The molecule has 0 aromatic heterocycles. The topological polar surface area (TPSA) is 46.2 Å². The van der Waals surface area contributed by atoms with E-state index in [0.717, 1.165) is 21.3 Å². The van der Waals surface area contributed by atoms with E-state index < -0.39 is 0 Å². The predicted octanol–water partition coefficient (Wildman–Crippen LogP) is 4.98. The minimum absolute atomic E-state index is 0.0231. The number of hydrogen-bond acceptors (Lipinski definition) is 2. The van der Waals surface area contributed by atoms with E-state index >= 15 is 0 Å². The van der Waals surface area contributed by atoms with Crippen LogP contribution in [-0.4, -0.2) is 11.7 Å². The third-order valence-electron chi connectivity index (χ3n) is 3.69. The molecule has 1 amide bonds. The molecule has 2 aromatic carbocycles. The average Bonchev–Trinajstić information content (AvgIpc) is 2.49. The quantitative estimate of drug-likeness (QED) is 0.751. The highest BCUT2D eigenvalue weighted by Gasteiger charge is 2.12. The molecule has 0 radical (unpaired) electrons. The SMILES string of the molecule is Cc1cc(C)c(NC(=O)CCC(=O)c2ccc(Br)cc2)c(C)c1. The summed E-state index contributed by atoms with van der Waals surface area (Å²) in [6.45, 7) is 5.98. The number of aryl methyl sites for hydroxylation is 3. The molecular weight excluding hydrogens is 354 g/mol. The van der Waals surface area contributed by atoms with E-state index in [0.29, 0.717) is 5.56 Å². The van der Waals surface area contributed by atoms with Crippen molar-refractivity contribution in [1.29, 1.82) is 0 Å². The van der Waals surface area contributed by atoms with Gasteiger partial charge in [0.1, 0.15) is 0 Å². The number of benzene rings is 2. The Labute approximate surface area is 145 Å². The van der Waals surface area contributed by atoms with Gasteiger partial charge in [-0.2, -0.15) is 0 Å². The van der Waals surface area contributed by atoms with Crippen LogP contribution in [0.5, 0.6) is 0 Å². The van der Waals surface area contributed by atoms with E-state index in [1.165, 1.54) is 5.56 Å². The number of Topliss-reactive ketones (excluding diaryl/α,β-unsaturated/α-hetero) is 1. The molecule has 23 heavy (non-hydrogen) atoms. The fourth-order valence-corrected chi connectivity index (χ4v) is 2.85. The van der Waals surface area contributed by atoms with Gasteiger partial charge in [-0.15, -0.1) is 0 Å². The zero-order chi connectivity index (χ0) is 17.0. The summed E-state index contributed by atoms with van der Waals surface area (Å²) in [5.74, 6) is -0.157. The van der Waals surface area contributed by atoms with Crippen LogP contribution in [0.15, 0.2) is 40.9 Å². The molecule has 0 saturated heterocycles. The molecule has 1 N–H and O–H groups in total. The Morgan fingerprint density at radius 3 is 2.09 bits per heavy atom. The highest BCUT2D eigenvalue weighted by molar-refractivity contribution is 9.10. The molecule has 0 saturated carbocycles. The fourth-order valence-electron chi connectivity index (χ4n) is 2.59. The molecule has 3 nitrogen and oxygen atoms in total. The Kier molecular flexibility index (Phi) is 5.72. The van der Waals surface area contributed by atoms with Gasteiger partial charge in [-0.25, -0.2) is 0 Å². The first-order valence-corrected chi connectivity index (χ1v) is 8.32. The van der Waals surface area contributed by atoms with Gasteiger partial charge in [0.05, 0.1) is 0 Å². The number of ketones is 1. The van der Waals surface area contributed by atoms with Crippen molar-refractivity contribution >= 4 is 33.3 Å². The minimum atomic E-state index is -0.134. The summed E-state index contributed by atoms with van der Waals surface area (Å²) >= 11 is 3.34. The molecule has 0 heterocycles. The first-order valence-electron chi connectivity index (χ1n) is 7.53. The molecule has 0 aliphatic heterocycles. The summed E-state index contributed by atoms with van der Waals surface area (Å²) in [7, 11) is 0. The number of carbonyl (C=O) groups is 2. The molecule has 0 unspecified atom stereocenters. The second-order valence-corrected chi connectivity index (χ2v) is 6.67. The molecule has 0 bridgehead atoms. The number of amides is 1. The summed E-state index contributed by atoms with van der Waals surface area (Å²) in [5.41, 5.74) is 4.72. The number of rotatable bonds is 5. The Hall–Kier alpha value is -1.94. The van der Waals surface area contributed by atoms with Crippen molar-refractivity contribution in [2.24, 2.45) is 0 Å². The molecule has 0 aliphatic carbocycles. The number of halogens is 1. The molecule has 4 heteroatoms. The maximum absolute atomic E-state index is 12.1. The lowest BCUT2D eigenvalue weighted by Crippen LogP contribution is -2.15. The third-order valence-corrected chi connectivity index (χ3v) is 4.22. The Morgan fingerprint density at radius 1 is 0.957 bits per heavy atom. The molecule has 120 valence electrons. The van der Waals surface area contributed by atoms with Crippen LogP contribution < -0.4 is 5.32 Å². The second-order valence-electron chi connectivity index (χ2n) is 5.75. The second kappa shape index (κ2) is 7.55. The van der Waals surface area contributed by atoms with Crippen molar-refractivity contribution < 1.29 is 9.59 Å². The smallest absolute Gasteiger partial charge is 0.224 e. The largest absolute Gasteiger partial charge is 0.326 e. The molecule has 0 atom stereocenters. The van der Waals surface area contributed by atoms with Crippen LogP contribution in [0.1, 0.15) is 39.9 Å². The lowest BCUT2D eigenvalue weighted by Gasteiger charge is -2.12. The van der Waals surface area contributed by atoms with Gasteiger partial charge in [-0.05, 0) is 44.0 Å². The normalized spacial score (nSPS) is 10.4. The highest BCUT2D eigenvalue weighted by Crippen LogP contribution is 2.22. The molecule has 0 fully saturated rings. The summed E-state index contributed by atoms with van der Waals surface area (Å²) in [6, 6.07) is 11.3.